The molecule has 1 aliphatic carbocycles. The van der Waals surface area contributed by atoms with Crippen LogP contribution in [-0.4, -0.2) is 84.9 Å². The van der Waals surface area contributed by atoms with Gasteiger partial charge in [0.2, 0.25) is 0 Å². The monoisotopic (exact) mass is 395 g/mol. The van der Waals surface area contributed by atoms with E-state index in [0.29, 0.717) is 25.0 Å². The van der Waals surface area contributed by atoms with Gasteiger partial charge in [-0.3, -0.25) is 14.6 Å². The number of likely N-dealkylation sites (tertiary alicyclic amines) is 1. The molecule has 7 nitrogen and oxygen atoms in total. The van der Waals surface area contributed by atoms with Crippen molar-refractivity contribution in [1.29, 1.82) is 0 Å². The Labute approximate surface area is 169 Å². The summed E-state index contributed by atoms with van der Waals surface area (Å²) in [6, 6.07) is 0.642. The van der Waals surface area contributed by atoms with E-state index in [4.69, 9.17) is 9.47 Å². The highest BCUT2D eigenvalue weighted by molar-refractivity contribution is 5.68. The molecule has 160 valence electrons. The Hall–Kier alpha value is -1.34. The van der Waals surface area contributed by atoms with Gasteiger partial charge in [0.15, 0.2) is 0 Å². The summed E-state index contributed by atoms with van der Waals surface area (Å²) in [6.07, 6.45) is 5.67. The van der Waals surface area contributed by atoms with Crippen molar-refractivity contribution in [2.75, 3.05) is 39.5 Å². The molecule has 1 amide bonds. The Morgan fingerprint density at radius 2 is 1.96 bits per heavy atom. The van der Waals surface area contributed by atoms with Crippen LogP contribution < -0.4 is 0 Å². The van der Waals surface area contributed by atoms with Crippen molar-refractivity contribution in [3.63, 3.8) is 0 Å². The molecule has 3 aliphatic rings. The van der Waals surface area contributed by atoms with Gasteiger partial charge in [-0.1, -0.05) is 20.3 Å². The maximum absolute atomic E-state index is 12.7. The van der Waals surface area contributed by atoms with E-state index in [2.05, 4.69) is 30.6 Å². The maximum Gasteiger partial charge on any atom is 0.410 e. The number of carbonyl (C=O) groups excluding carboxylic acids is 2. The number of nitrogens with zero attached hydrogens (tertiary/aromatic N) is 3. The Kier molecular flexibility index (Phi) is 7.57. The second-order valence-electron chi connectivity index (χ2n) is 9.12. The fourth-order valence-electron chi connectivity index (χ4n) is 4.76. The van der Waals surface area contributed by atoms with Crippen molar-refractivity contribution in [1.82, 2.24) is 14.7 Å². The molecule has 7 heteroatoms. The van der Waals surface area contributed by atoms with E-state index in [1.165, 1.54) is 19.4 Å². The van der Waals surface area contributed by atoms with Crippen LogP contribution in [0.5, 0.6) is 0 Å². The largest absolute Gasteiger partial charge is 0.452 e. The highest BCUT2D eigenvalue weighted by Crippen LogP contribution is 2.31. The van der Waals surface area contributed by atoms with Crippen LogP contribution in [0.15, 0.2) is 0 Å². The van der Waals surface area contributed by atoms with Crippen molar-refractivity contribution in [3.8, 4) is 0 Å². The van der Waals surface area contributed by atoms with Crippen molar-refractivity contribution < 1.29 is 19.1 Å². The van der Waals surface area contributed by atoms with E-state index in [9.17, 15) is 9.59 Å². The minimum absolute atomic E-state index is 0.108. The normalized spacial score (nSPS) is 29.7. The molecule has 0 radical (unpaired) electrons. The fourth-order valence-corrected chi connectivity index (χ4v) is 4.76. The van der Waals surface area contributed by atoms with Crippen LogP contribution in [0.25, 0.3) is 0 Å². The number of hydrogen-bond donors (Lipinski definition) is 0. The van der Waals surface area contributed by atoms with Crippen LogP contribution in [0.2, 0.25) is 0 Å². The lowest BCUT2D eigenvalue weighted by Crippen LogP contribution is -2.55. The summed E-state index contributed by atoms with van der Waals surface area (Å²) in [4.78, 5) is 30.0. The molecular formula is C21H37N3O4. The second kappa shape index (κ2) is 9.92. The van der Waals surface area contributed by atoms with Gasteiger partial charge in [-0.25, -0.2) is 4.79 Å². The smallest absolute Gasteiger partial charge is 0.410 e. The molecule has 1 saturated carbocycles. The van der Waals surface area contributed by atoms with Gasteiger partial charge in [-0.2, -0.15) is 0 Å². The number of hydrogen-bond acceptors (Lipinski definition) is 6. The lowest BCUT2D eigenvalue weighted by molar-refractivity contribution is -0.139. The second-order valence-corrected chi connectivity index (χ2v) is 9.12. The Bertz CT molecular complexity index is 526. The fraction of sp³-hybridized carbons (Fsp3) is 0.905. The first-order valence-corrected chi connectivity index (χ1v) is 11.0. The minimum atomic E-state index is -0.207. The number of piperazine rings is 1. The molecule has 0 N–H and O–H groups in total. The van der Waals surface area contributed by atoms with E-state index in [1.54, 1.807) is 0 Å². The number of rotatable bonds is 8. The molecule has 2 aliphatic heterocycles. The zero-order valence-electron chi connectivity index (χ0n) is 17.7. The van der Waals surface area contributed by atoms with Crippen LogP contribution >= 0.6 is 0 Å². The average molecular weight is 396 g/mol. The first kappa shape index (κ1) is 21.4. The molecule has 0 aromatic rings. The van der Waals surface area contributed by atoms with E-state index in [1.807, 2.05) is 4.90 Å². The highest BCUT2D eigenvalue weighted by Gasteiger charge is 2.35. The summed E-state index contributed by atoms with van der Waals surface area (Å²) in [5, 5.41) is 0. The third kappa shape index (κ3) is 5.60. The van der Waals surface area contributed by atoms with Gasteiger partial charge in [-0.05, 0) is 44.4 Å². The van der Waals surface area contributed by atoms with Gasteiger partial charge in [-0.15, -0.1) is 0 Å². The van der Waals surface area contributed by atoms with Crippen LogP contribution in [0, 0.1) is 11.8 Å². The Morgan fingerprint density at radius 3 is 2.61 bits per heavy atom. The first-order chi connectivity index (χ1) is 13.5. The highest BCUT2D eigenvalue weighted by atomic mass is 16.6. The molecule has 2 saturated heterocycles. The average Bonchev–Trinajstić information content (AvgIpc) is 3.48. The number of ether oxygens (including phenoxy) is 2. The van der Waals surface area contributed by atoms with Crippen LogP contribution in [0.1, 0.15) is 52.9 Å². The summed E-state index contributed by atoms with van der Waals surface area (Å²) in [5.41, 5.74) is 0. The zero-order chi connectivity index (χ0) is 20.1. The van der Waals surface area contributed by atoms with Gasteiger partial charge in [0.1, 0.15) is 13.3 Å². The Morgan fingerprint density at radius 1 is 1.18 bits per heavy atom. The molecule has 0 aromatic heterocycles. The predicted octanol–water partition coefficient (Wildman–Crippen LogP) is 2.55. The molecule has 2 heterocycles. The first-order valence-electron chi connectivity index (χ1n) is 11.0. The van der Waals surface area contributed by atoms with Gasteiger partial charge in [0.05, 0.1) is 0 Å². The van der Waals surface area contributed by atoms with E-state index in [-0.39, 0.29) is 24.9 Å². The minimum Gasteiger partial charge on any atom is -0.452 e. The standard InChI is InChI=1S/C21H37N3O4/c1-16(2)20-6-4-5-19(24(20)14-27-15-25)13-28-21(26)23-10-9-22(11-17(23)3)12-18-7-8-18/h15-20H,4-14H2,1-3H3/t17?,19-,20?/m0/s1. The summed E-state index contributed by atoms with van der Waals surface area (Å²) in [7, 11) is 0. The van der Waals surface area contributed by atoms with Crippen LogP contribution in [-0.2, 0) is 14.3 Å². The lowest BCUT2D eigenvalue weighted by Gasteiger charge is -2.43. The third-order valence-electron chi connectivity index (χ3n) is 6.55. The lowest BCUT2D eigenvalue weighted by atomic mass is 9.89. The number of amides is 1. The van der Waals surface area contributed by atoms with Gasteiger partial charge >= 0.3 is 6.09 Å². The van der Waals surface area contributed by atoms with Crippen molar-refractivity contribution in [3.05, 3.63) is 0 Å². The quantitative estimate of drug-likeness (QED) is 0.589. The molecule has 3 fully saturated rings. The van der Waals surface area contributed by atoms with E-state index in [0.717, 1.165) is 44.8 Å². The summed E-state index contributed by atoms with van der Waals surface area (Å²) < 4.78 is 10.8. The maximum atomic E-state index is 12.7. The molecule has 3 rings (SSSR count). The molecular weight excluding hydrogens is 358 g/mol. The molecule has 3 atom stereocenters. The van der Waals surface area contributed by atoms with Gasteiger partial charge in [0.25, 0.3) is 6.47 Å². The van der Waals surface area contributed by atoms with Crippen molar-refractivity contribution in [2.45, 2.75) is 71.0 Å². The Balaban J connectivity index is 1.49. The summed E-state index contributed by atoms with van der Waals surface area (Å²) >= 11 is 0. The zero-order valence-corrected chi connectivity index (χ0v) is 17.7. The third-order valence-corrected chi connectivity index (χ3v) is 6.55. The van der Waals surface area contributed by atoms with Gasteiger partial charge < -0.3 is 14.4 Å². The predicted molar refractivity (Wildman–Crippen MR) is 107 cm³/mol. The topological polar surface area (TPSA) is 62.3 Å². The summed E-state index contributed by atoms with van der Waals surface area (Å²) in [5.74, 6) is 1.35. The van der Waals surface area contributed by atoms with Crippen molar-refractivity contribution in [2.24, 2.45) is 11.8 Å². The summed E-state index contributed by atoms with van der Waals surface area (Å²) in [6.45, 7) is 11.4. The van der Waals surface area contributed by atoms with Crippen LogP contribution in [0.4, 0.5) is 4.79 Å². The molecule has 0 spiro atoms. The van der Waals surface area contributed by atoms with E-state index >= 15 is 0 Å². The molecule has 2 unspecified atom stereocenters. The molecule has 28 heavy (non-hydrogen) atoms. The van der Waals surface area contributed by atoms with Crippen LogP contribution in [0.3, 0.4) is 0 Å². The molecule has 0 bridgehead atoms. The van der Waals surface area contributed by atoms with Gasteiger partial charge in [0, 0.05) is 44.3 Å². The number of carbonyl (C=O) groups is 2. The number of piperidine rings is 1. The van der Waals surface area contributed by atoms with E-state index < -0.39 is 0 Å². The molecule has 0 aromatic carbocycles. The SMILES string of the molecule is CC(C)C1CCC[C@@H](COC(=O)N2CCN(CC3CC3)CC2C)N1COC=O. The van der Waals surface area contributed by atoms with Crippen molar-refractivity contribution >= 4 is 12.6 Å².